The van der Waals surface area contributed by atoms with Gasteiger partial charge in [0.15, 0.2) is 0 Å². The Morgan fingerprint density at radius 3 is 2.26 bits per heavy atom. The van der Waals surface area contributed by atoms with Gasteiger partial charge in [0.25, 0.3) is 0 Å². The van der Waals surface area contributed by atoms with Gasteiger partial charge in [-0.2, -0.15) is 0 Å². The molecule has 1 saturated carbocycles. The zero-order chi connectivity index (χ0) is 14.2. The van der Waals surface area contributed by atoms with Gasteiger partial charge < -0.3 is 5.32 Å². The molecule has 0 aromatic carbocycles. The fourth-order valence-corrected chi connectivity index (χ4v) is 4.34. The average molecular weight is 267 g/mol. The number of nitrogens with zero attached hydrogens (tertiary/aromatic N) is 2. The van der Waals surface area contributed by atoms with E-state index in [-0.39, 0.29) is 0 Å². The monoisotopic (exact) mass is 267 g/mol. The van der Waals surface area contributed by atoms with Crippen molar-refractivity contribution in [3.8, 4) is 0 Å². The van der Waals surface area contributed by atoms with Crippen molar-refractivity contribution in [3.63, 3.8) is 0 Å². The molecule has 4 atom stereocenters. The van der Waals surface area contributed by atoms with Crippen LogP contribution in [0.25, 0.3) is 0 Å². The first-order valence-corrected chi connectivity index (χ1v) is 7.96. The molecule has 1 heterocycles. The molecule has 2 aliphatic rings. The zero-order valence-electron chi connectivity index (χ0n) is 13.7. The van der Waals surface area contributed by atoms with E-state index in [1.54, 1.807) is 0 Å². The highest BCUT2D eigenvalue weighted by atomic mass is 15.3. The number of nitrogens with one attached hydrogen (secondary N) is 1. The van der Waals surface area contributed by atoms with E-state index in [1.807, 2.05) is 0 Å². The van der Waals surface area contributed by atoms with E-state index >= 15 is 0 Å². The van der Waals surface area contributed by atoms with Gasteiger partial charge in [-0.1, -0.05) is 13.8 Å². The van der Waals surface area contributed by atoms with Crippen LogP contribution in [0.15, 0.2) is 0 Å². The minimum atomic E-state index is 0.462. The summed E-state index contributed by atoms with van der Waals surface area (Å²) in [6, 6.07) is 2.05. The molecule has 3 nitrogen and oxygen atoms in total. The summed E-state index contributed by atoms with van der Waals surface area (Å²) >= 11 is 0. The molecule has 0 bridgehead atoms. The standard InChI is InChI=1S/C16H33N3/c1-12-9-19(10-13(2)18(12)6)11-14-7-8-16(3,4)15(14)17-5/h12-15,17H,7-11H2,1-6H3. The fraction of sp³-hybridized carbons (Fsp3) is 1.00. The maximum atomic E-state index is 3.59. The predicted molar refractivity (Wildman–Crippen MR) is 82.5 cm³/mol. The molecule has 1 aliphatic carbocycles. The molecule has 0 radical (unpaired) electrons. The highest BCUT2D eigenvalue weighted by Gasteiger charge is 2.42. The van der Waals surface area contributed by atoms with Crippen molar-refractivity contribution in [1.82, 2.24) is 15.1 Å². The van der Waals surface area contributed by atoms with Gasteiger partial charge in [0.2, 0.25) is 0 Å². The van der Waals surface area contributed by atoms with Crippen LogP contribution in [-0.4, -0.2) is 61.7 Å². The van der Waals surface area contributed by atoms with Gasteiger partial charge >= 0.3 is 0 Å². The Labute approximate surface area is 119 Å². The van der Waals surface area contributed by atoms with Crippen LogP contribution in [0, 0.1) is 11.3 Å². The Bertz CT molecular complexity index is 290. The van der Waals surface area contributed by atoms with Crippen molar-refractivity contribution in [2.24, 2.45) is 11.3 Å². The first-order valence-electron chi connectivity index (χ1n) is 7.96. The molecule has 4 unspecified atom stereocenters. The van der Waals surface area contributed by atoms with Gasteiger partial charge in [-0.3, -0.25) is 9.80 Å². The topological polar surface area (TPSA) is 18.5 Å². The molecule has 0 aromatic rings. The molecule has 3 heteroatoms. The van der Waals surface area contributed by atoms with E-state index < -0.39 is 0 Å². The molecule has 0 amide bonds. The van der Waals surface area contributed by atoms with Gasteiger partial charge in [0.1, 0.15) is 0 Å². The molecule has 19 heavy (non-hydrogen) atoms. The van der Waals surface area contributed by atoms with Crippen LogP contribution in [0.3, 0.4) is 0 Å². The second-order valence-electron chi connectivity index (χ2n) is 7.64. The van der Waals surface area contributed by atoms with Crippen LogP contribution >= 0.6 is 0 Å². The van der Waals surface area contributed by atoms with E-state index in [1.165, 1.54) is 32.5 Å². The lowest BCUT2D eigenvalue weighted by Gasteiger charge is -2.44. The molecular weight excluding hydrogens is 234 g/mol. The summed E-state index contributed by atoms with van der Waals surface area (Å²) in [4.78, 5) is 5.22. The van der Waals surface area contributed by atoms with Crippen molar-refractivity contribution in [1.29, 1.82) is 0 Å². The number of piperazine rings is 1. The molecule has 0 aromatic heterocycles. The highest BCUT2D eigenvalue weighted by Crippen LogP contribution is 2.41. The zero-order valence-corrected chi connectivity index (χ0v) is 13.7. The maximum Gasteiger partial charge on any atom is 0.0195 e. The van der Waals surface area contributed by atoms with E-state index in [4.69, 9.17) is 0 Å². The SMILES string of the molecule is CNC1C(CN2CC(C)N(C)C(C)C2)CCC1(C)C. The molecule has 2 fully saturated rings. The number of hydrogen-bond donors (Lipinski definition) is 1. The lowest BCUT2D eigenvalue weighted by atomic mass is 9.84. The number of hydrogen-bond acceptors (Lipinski definition) is 3. The largest absolute Gasteiger partial charge is 0.316 e. The van der Waals surface area contributed by atoms with Crippen molar-refractivity contribution in [3.05, 3.63) is 0 Å². The molecule has 1 saturated heterocycles. The summed E-state index contributed by atoms with van der Waals surface area (Å²) in [5, 5.41) is 3.59. The Morgan fingerprint density at radius 2 is 1.74 bits per heavy atom. The quantitative estimate of drug-likeness (QED) is 0.844. The fourth-order valence-electron chi connectivity index (χ4n) is 4.34. The van der Waals surface area contributed by atoms with E-state index in [9.17, 15) is 0 Å². The summed E-state index contributed by atoms with van der Waals surface area (Å²) in [7, 11) is 4.40. The summed E-state index contributed by atoms with van der Waals surface area (Å²) in [5.41, 5.74) is 0.462. The van der Waals surface area contributed by atoms with Gasteiger partial charge in [0, 0.05) is 37.8 Å². The molecule has 112 valence electrons. The Kier molecular flexibility index (Phi) is 4.59. The van der Waals surface area contributed by atoms with Crippen LogP contribution in [0.5, 0.6) is 0 Å². The van der Waals surface area contributed by atoms with Crippen LogP contribution in [-0.2, 0) is 0 Å². The minimum absolute atomic E-state index is 0.462. The van der Waals surface area contributed by atoms with Gasteiger partial charge in [-0.25, -0.2) is 0 Å². The summed E-state index contributed by atoms with van der Waals surface area (Å²) in [6.07, 6.45) is 2.75. The van der Waals surface area contributed by atoms with E-state index in [0.717, 1.165) is 5.92 Å². The van der Waals surface area contributed by atoms with Crippen molar-refractivity contribution in [2.45, 2.75) is 58.7 Å². The Morgan fingerprint density at radius 1 is 1.16 bits per heavy atom. The first kappa shape index (κ1) is 15.3. The van der Waals surface area contributed by atoms with Crippen LogP contribution < -0.4 is 5.32 Å². The number of rotatable bonds is 3. The number of likely N-dealkylation sites (N-methyl/N-ethyl adjacent to an activating group) is 1. The van der Waals surface area contributed by atoms with Gasteiger partial charge in [-0.05, 0) is 52.1 Å². The summed E-state index contributed by atoms with van der Waals surface area (Å²) in [5.74, 6) is 0.822. The molecule has 1 N–H and O–H groups in total. The summed E-state index contributed by atoms with van der Waals surface area (Å²) in [6.45, 7) is 13.3. The second-order valence-corrected chi connectivity index (χ2v) is 7.64. The normalized spacial score (nSPS) is 40.7. The van der Waals surface area contributed by atoms with Crippen molar-refractivity contribution >= 4 is 0 Å². The molecule has 2 rings (SSSR count). The van der Waals surface area contributed by atoms with Gasteiger partial charge in [0.05, 0.1) is 0 Å². The maximum absolute atomic E-state index is 3.59. The lowest BCUT2D eigenvalue weighted by Crippen LogP contribution is -2.56. The first-order chi connectivity index (χ1) is 8.85. The average Bonchev–Trinajstić information content (AvgIpc) is 2.61. The third kappa shape index (κ3) is 3.14. The Hall–Kier alpha value is -0.120. The second kappa shape index (κ2) is 5.71. The Balaban J connectivity index is 1.95. The summed E-state index contributed by atoms with van der Waals surface area (Å²) < 4.78 is 0. The van der Waals surface area contributed by atoms with Crippen LogP contribution in [0.1, 0.15) is 40.5 Å². The van der Waals surface area contributed by atoms with Gasteiger partial charge in [-0.15, -0.1) is 0 Å². The minimum Gasteiger partial charge on any atom is -0.316 e. The molecular formula is C16H33N3. The van der Waals surface area contributed by atoms with E-state index in [0.29, 0.717) is 23.5 Å². The predicted octanol–water partition coefficient (Wildman–Crippen LogP) is 2.03. The molecule has 1 aliphatic heterocycles. The third-order valence-corrected chi connectivity index (χ3v) is 5.71. The van der Waals surface area contributed by atoms with Crippen molar-refractivity contribution < 1.29 is 0 Å². The molecule has 0 spiro atoms. The van der Waals surface area contributed by atoms with Crippen LogP contribution in [0.2, 0.25) is 0 Å². The third-order valence-electron chi connectivity index (χ3n) is 5.71. The van der Waals surface area contributed by atoms with Crippen molar-refractivity contribution in [2.75, 3.05) is 33.7 Å². The van der Waals surface area contributed by atoms with Crippen LogP contribution in [0.4, 0.5) is 0 Å². The highest BCUT2D eigenvalue weighted by molar-refractivity contribution is 4.97. The lowest BCUT2D eigenvalue weighted by molar-refractivity contribution is 0.0467. The van der Waals surface area contributed by atoms with E-state index in [2.05, 4.69) is 56.9 Å². The smallest absolute Gasteiger partial charge is 0.0195 e.